The lowest BCUT2D eigenvalue weighted by atomic mass is 10.1. The molecular formula is C16H12N2OS. The lowest BCUT2D eigenvalue weighted by Gasteiger charge is -1.94. The Balaban J connectivity index is 2.25. The number of thiophene rings is 1. The second-order valence-corrected chi connectivity index (χ2v) is 5.69. The van der Waals surface area contributed by atoms with Crippen LogP contribution in [0, 0.1) is 11.3 Å². The number of aldehydes is 1. The van der Waals surface area contributed by atoms with Crippen LogP contribution < -0.4 is 0 Å². The summed E-state index contributed by atoms with van der Waals surface area (Å²) >= 11 is 1.69. The number of rotatable bonds is 3. The number of nitrogens with one attached hydrogen (secondary N) is 1. The van der Waals surface area contributed by atoms with E-state index in [1.807, 2.05) is 12.1 Å². The maximum Gasteiger partial charge on any atom is 0.152 e. The predicted octanol–water partition coefficient (Wildman–Crippen LogP) is 4.14. The van der Waals surface area contributed by atoms with Gasteiger partial charge in [-0.15, -0.1) is 11.3 Å². The Kier molecular flexibility index (Phi) is 3.13. The van der Waals surface area contributed by atoms with Crippen LogP contribution in [0.4, 0.5) is 0 Å². The van der Waals surface area contributed by atoms with Crippen molar-refractivity contribution < 1.29 is 4.79 Å². The smallest absolute Gasteiger partial charge is 0.152 e. The van der Waals surface area contributed by atoms with Gasteiger partial charge in [0.15, 0.2) is 6.29 Å². The molecule has 0 atom stereocenters. The summed E-state index contributed by atoms with van der Waals surface area (Å²) in [7, 11) is 0. The van der Waals surface area contributed by atoms with Gasteiger partial charge in [-0.1, -0.05) is 6.92 Å². The van der Waals surface area contributed by atoms with Gasteiger partial charge in [0, 0.05) is 21.3 Å². The van der Waals surface area contributed by atoms with E-state index in [-0.39, 0.29) is 0 Å². The maximum atomic E-state index is 11.5. The Bertz CT molecular complexity index is 836. The predicted molar refractivity (Wildman–Crippen MR) is 81.1 cm³/mol. The van der Waals surface area contributed by atoms with Crippen LogP contribution in [0.1, 0.15) is 27.7 Å². The van der Waals surface area contributed by atoms with Crippen LogP contribution >= 0.6 is 11.3 Å². The molecule has 20 heavy (non-hydrogen) atoms. The van der Waals surface area contributed by atoms with E-state index in [1.54, 1.807) is 23.5 Å². The van der Waals surface area contributed by atoms with Gasteiger partial charge in [-0.25, -0.2) is 0 Å². The van der Waals surface area contributed by atoms with Crippen molar-refractivity contribution in [3.8, 4) is 16.6 Å². The number of hydrogen-bond donors (Lipinski definition) is 1. The molecule has 2 aromatic heterocycles. The molecular weight excluding hydrogens is 268 g/mol. The third kappa shape index (κ3) is 1.93. The van der Waals surface area contributed by atoms with E-state index >= 15 is 0 Å². The Morgan fingerprint density at radius 2 is 2.20 bits per heavy atom. The summed E-state index contributed by atoms with van der Waals surface area (Å²) < 4.78 is 0. The van der Waals surface area contributed by atoms with Gasteiger partial charge in [0.2, 0.25) is 0 Å². The summed E-state index contributed by atoms with van der Waals surface area (Å²) in [6.45, 7) is 2.11. The third-order valence-electron chi connectivity index (χ3n) is 3.34. The van der Waals surface area contributed by atoms with Crippen molar-refractivity contribution >= 4 is 28.5 Å². The van der Waals surface area contributed by atoms with Gasteiger partial charge in [-0.2, -0.15) is 5.26 Å². The first-order valence-electron chi connectivity index (χ1n) is 6.37. The van der Waals surface area contributed by atoms with E-state index in [1.165, 1.54) is 4.88 Å². The largest absolute Gasteiger partial charge is 0.353 e. The first-order valence-corrected chi connectivity index (χ1v) is 7.18. The lowest BCUT2D eigenvalue weighted by molar-refractivity contribution is 0.112. The first-order chi connectivity index (χ1) is 9.76. The Morgan fingerprint density at radius 3 is 2.85 bits per heavy atom. The molecule has 0 saturated heterocycles. The van der Waals surface area contributed by atoms with Gasteiger partial charge in [0.1, 0.15) is 0 Å². The number of fused-ring (bicyclic) bond motifs is 1. The zero-order chi connectivity index (χ0) is 14.1. The average Bonchev–Trinajstić information content (AvgIpc) is 3.09. The second kappa shape index (κ2) is 4.95. The molecule has 3 aromatic rings. The van der Waals surface area contributed by atoms with Crippen LogP contribution in [0.3, 0.4) is 0 Å². The van der Waals surface area contributed by atoms with Gasteiger partial charge in [-0.05, 0) is 36.8 Å². The Hall–Kier alpha value is -2.38. The highest BCUT2D eigenvalue weighted by atomic mass is 32.1. The minimum absolute atomic E-state index is 0.562. The van der Waals surface area contributed by atoms with E-state index in [2.05, 4.69) is 24.0 Å². The summed E-state index contributed by atoms with van der Waals surface area (Å²) in [5.74, 6) is 0. The summed E-state index contributed by atoms with van der Waals surface area (Å²) in [4.78, 5) is 17.1. The van der Waals surface area contributed by atoms with Gasteiger partial charge >= 0.3 is 0 Å². The van der Waals surface area contributed by atoms with Crippen LogP contribution in [0.5, 0.6) is 0 Å². The number of aromatic nitrogens is 1. The van der Waals surface area contributed by atoms with Crippen LogP contribution in [0.15, 0.2) is 30.3 Å². The molecule has 1 aromatic carbocycles. The van der Waals surface area contributed by atoms with Crippen LogP contribution in [0.2, 0.25) is 0 Å². The van der Waals surface area contributed by atoms with Gasteiger partial charge in [0.05, 0.1) is 22.2 Å². The van der Waals surface area contributed by atoms with Crippen LogP contribution in [-0.2, 0) is 6.42 Å². The van der Waals surface area contributed by atoms with E-state index in [0.29, 0.717) is 11.1 Å². The molecule has 2 heterocycles. The zero-order valence-corrected chi connectivity index (χ0v) is 11.8. The summed E-state index contributed by atoms with van der Waals surface area (Å²) in [5.41, 5.74) is 2.91. The Morgan fingerprint density at radius 1 is 1.35 bits per heavy atom. The number of aromatic amines is 1. The number of benzene rings is 1. The van der Waals surface area contributed by atoms with Crippen LogP contribution in [-0.4, -0.2) is 11.3 Å². The molecule has 0 saturated carbocycles. The molecule has 0 aliphatic rings. The molecule has 0 amide bonds. The maximum absolute atomic E-state index is 11.5. The molecule has 4 heteroatoms. The van der Waals surface area contributed by atoms with Crippen molar-refractivity contribution in [1.29, 1.82) is 5.26 Å². The molecule has 0 radical (unpaired) electrons. The minimum Gasteiger partial charge on any atom is -0.353 e. The highest BCUT2D eigenvalue weighted by molar-refractivity contribution is 7.15. The van der Waals surface area contributed by atoms with Crippen molar-refractivity contribution in [3.05, 3.63) is 46.3 Å². The number of aryl methyl sites for hydroxylation is 1. The number of nitrogens with zero attached hydrogens (tertiary/aromatic N) is 1. The molecule has 0 spiro atoms. The molecule has 0 fully saturated rings. The molecule has 0 aliphatic heterocycles. The summed E-state index contributed by atoms with van der Waals surface area (Å²) in [6.07, 6.45) is 1.85. The molecule has 0 bridgehead atoms. The molecule has 0 unspecified atom stereocenters. The van der Waals surface area contributed by atoms with E-state index in [4.69, 9.17) is 5.26 Å². The molecule has 98 valence electrons. The van der Waals surface area contributed by atoms with E-state index in [9.17, 15) is 4.79 Å². The number of nitriles is 1. The van der Waals surface area contributed by atoms with E-state index in [0.717, 1.165) is 34.2 Å². The molecule has 3 rings (SSSR count). The first kappa shape index (κ1) is 12.6. The Labute approximate surface area is 120 Å². The fraction of sp³-hybridized carbons (Fsp3) is 0.125. The van der Waals surface area contributed by atoms with Gasteiger partial charge in [-0.3, -0.25) is 4.79 Å². The number of carbonyl (C=O) groups is 1. The zero-order valence-electron chi connectivity index (χ0n) is 10.9. The standard InChI is InChI=1S/C16H12N2OS/c1-2-11-4-6-15(20-11)16-13(9-19)12-7-10(8-17)3-5-14(12)18-16/h3-7,9,18H,2H2,1H3. The number of carbonyl (C=O) groups excluding carboxylic acids is 1. The van der Waals surface area contributed by atoms with Crippen molar-refractivity contribution in [3.63, 3.8) is 0 Å². The van der Waals surface area contributed by atoms with Gasteiger partial charge < -0.3 is 4.98 Å². The fourth-order valence-corrected chi connectivity index (χ4v) is 3.26. The lowest BCUT2D eigenvalue weighted by Crippen LogP contribution is -1.81. The highest BCUT2D eigenvalue weighted by Gasteiger charge is 2.14. The van der Waals surface area contributed by atoms with E-state index < -0.39 is 0 Å². The van der Waals surface area contributed by atoms with Gasteiger partial charge in [0.25, 0.3) is 0 Å². The average molecular weight is 280 g/mol. The van der Waals surface area contributed by atoms with Crippen molar-refractivity contribution in [2.75, 3.05) is 0 Å². The van der Waals surface area contributed by atoms with Crippen LogP contribution in [0.25, 0.3) is 21.5 Å². The monoisotopic (exact) mass is 280 g/mol. The minimum atomic E-state index is 0.562. The normalized spacial score (nSPS) is 10.6. The quantitative estimate of drug-likeness (QED) is 0.733. The highest BCUT2D eigenvalue weighted by Crippen LogP contribution is 2.34. The summed E-state index contributed by atoms with van der Waals surface area (Å²) in [6, 6.07) is 11.6. The second-order valence-electron chi connectivity index (χ2n) is 4.52. The number of H-pyrrole nitrogens is 1. The van der Waals surface area contributed by atoms with Crippen molar-refractivity contribution in [2.24, 2.45) is 0 Å². The third-order valence-corrected chi connectivity index (χ3v) is 4.59. The van der Waals surface area contributed by atoms with Crippen molar-refractivity contribution in [2.45, 2.75) is 13.3 Å². The number of hydrogen-bond acceptors (Lipinski definition) is 3. The molecule has 3 nitrogen and oxygen atoms in total. The molecule has 1 N–H and O–H groups in total. The summed E-state index contributed by atoms with van der Waals surface area (Å²) in [5, 5.41) is 9.78. The molecule has 0 aliphatic carbocycles. The topological polar surface area (TPSA) is 56.6 Å². The fourth-order valence-electron chi connectivity index (χ4n) is 2.30. The van der Waals surface area contributed by atoms with Crippen molar-refractivity contribution in [1.82, 2.24) is 4.98 Å². The SMILES string of the molecule is CCc1ccc(-c2[nH]c3ccc(C#N)cc3c2C=O)s1.